The highest BCUT2D eigenvalue weighted by atomic mass is 32.2. The first-order chi connectivity index (χ1) is 16.4. The topological polar surface area (TPSA) is 99.9 Å². The summed E-state index contributed by atoms with van der Waals surface area (Å²) < 4.78 is 33.2. The Morgan fingerprint density at radius 1 is 1.06 bits per heavy atom. The van der Waals surface area contributed by atoms with Crippen LogP contribution >= 0.6 is 0 Å². The third-order valence-electron chi connectivity index (χ3n) is 6.88. The quantitative estimate of drug-likeness (QED) is 0.574. The minimum Gasteiger partial charge on any atom is -0.468 e. The minimum atomic E-state index is -3.71. The summed E-state index contributed by atoms with van der Waals surface area (Å²) in [6.45, 7) is 4.42. The molecule has 1 atom stereocenters. The standard InChI is InChI=1S/C25H33N3O5S/c1-19(29)21-7-5-8-22(17-21)34(31,32)28-14-10-20(11-15-28)25(30)26-18-23(24-9-6-16-33-24)27-12-3-2-4-13-27/h5-9,16-17,20,23H,2-4,10-15,18H2,1H3,(H,26,30)/t23-/m0/s1. The van der Waals surface area contributed by atoms with Crippen molar-refractivity contribution in [3.8, 4) is 0 Å². The smallest absolute Gasteiger partial charge is 0.243 e. The molecule has 2 aliphatic heterocycles. The van der Waals surface area contributed by atoms with E-state index in [1.54, 1.807) is 18.4 Å². The fourth-order valence-corrected chi connectivity index (χ4v) is 6.36. The normalized spacial score (nSPS) is 19.6. The van der Waals surface area contributed by atoms with Crippen molar-refractivity contribution >= 4 is 21.7 Å². The Labute approximate surface area is 201 Å². The lowest BCUT2D eigenvalue weighted by atomic mass is 9.97. The van der Waals surface area contributed by atoms with Crippen molar-refractivity contribution in [2.24, 2.45) is 5.92 Å². The van der Waals surface area contributed by atoms with Gasteiger partial charge >= 0.3 is 0 Å². The number of carbonyl (C=O) groups excluding carboxylic acids is 2. The zero-order valence-electron chi connectivity index (χ0n) is 19.6. The number of sulfonamides is 1. The van der Waals surface area contributed by atoms with Gasteiger partial charge in [0.1, 0.15) is 5.76 Å². The number of likely N-dealkylation sites (tertiary alicyclic amines) is 1. The van der Waals surface area contributed by atoms with Gasteiger partial charge in [0.05, 0.1) is 17.2 Å². The lowest BCUT2D eigenvalue weighted by Gasteiger charge is -2.34. The number of hydrogen-bond acceptors (Lipinski definition) is 6. The van der Waals surface area contributed by atoms with Crippen LogP contribution in [0, 0.1) is 5.92 Å². The van der Waals surface area contributed by atoms with Gasteiger partial charge in [-0.3, -0.25) is 14.5 Å². The van der Waals surface area contributed by atoms with Crippen molar-refractivity contribution in [2.75, 3.05) is 32.7 Å². The SMILES string of the molecule is CC(=O)c1cccc(S(=O)(=O)N2CCC(C(=O)NC[C@@H](c3ccco3)N3CCCCC3)CC2)c1. The molecule has 2 aliphatic rings. The van der Waals surface area contributed by atoms with Crippen molar-refractivity contribution in [2.45, 2.75) is 50.0 Å². The highest BCUT2D eigenvalue weighted by Crippen LogP contribution is 2.27. The monoisotopic (exact) mass is 487 g/mol. The molecule has 2 aromatic rings. The van der Waals surface area contributed by atoms with Crippen molar-refractivity contribution in [1.29, 1.82) is 0 Å². The van der Waals surface area contributed by atoms with Gasteiger partial charge in [-0.1, -0.05) is 18.6 Å². The molecule has 8 nitrogen and oxygen atoms in total. The maximum atomic E-state index is 13.1. The van der Waals surface area contributed by atoms with Crippen LogP contribution < -0.4 is 5.32 Å². The summed E-state index contributed by atoms with van der Waals surface area (Å²) in [6.07, 6.45) is 6.12. The molecule has 2 fully saturated rings. The number of ketones is 1. The lowest BCUT2D eigenvalue weighted by molar-refractivity contribution is -0.126. The molecular formula is C25H33N3O5S. The van der Waals surface area contributed by atoms with Gasteiger partial charge in [0, 0.05) is 31.1 Å². The van der Waals surface area contributed by atoms with Gasteiger partial charge < -0.3 is 9.73 Å². The van der Waals surface area contributed by atoms with Gasteiger partial charge in [-0.05, 0) is 70.0 Å². The molecule has 0 saturated carbocycles. The van der Waals surface area contributed by atoms with Gasteiger partial charge in [-0.2, -0.15) is 4.31 Å². The van der Waals surface area contributed by atoms with Gasteiger partial charge in [-0.15, -0.1) is 0 Å². The van der Waals surface area contributed by atoms with E-state index in [2.05, 4.69) is 10.2 Å². The Kier molecular flexibility index (Phi) is 7.85. The number of amides is 1. The Balaban J connectivity index is 1.34. The van der Waals surface area contributed by atoms with Gasteiger partial charge in [0.25, 0.3) is 0 Å². The molecular weight excluding hydrogens is 454 g/mol. The molecule has 1 aromatic carbocycles. The van der Waals surface area contributed by atoms with Crippen LogP contribution in [0.4, 0.5) is 0 Å². The Bertz CT molecular complexity index is 1090. The first-order valence-corrected chi connectivity index (χ1v) is 13.5. The molecule has 4 rings (SSSR count). The van der Waals surface area contributed by atoms with Crippen molar-refractivity contribution in [3.63, 3.8) is 0 Å². The maximum Gasteiger partial charge on any atom is 0.243 e. The van der Waals surface area contributed by atoms with Crippen LogP contribution in [0.5, 0.6) is 0 Å². The van der Waals surface area contributed by atoms with E-state index in [-0.39, 0.29) is 41.6 Å². The third-order valence-corrected chi connectivity index (χ3v) is 8.77. The summed E-state index contributed by atoms with van der Waals surface area (Å²) in [7, 11) is -3.71. The maximum absolute atomic E-state index is 13.1. The number of piperidine rings is 2. The molecule has 0 aliphatic carbocycles. The van der Waals surface area contributed by atoms with E-state index in [1.807, 2.05) is 12.1 Å². The molecule has 0 unspecified atom stereocenters. The zero-order valence-corrected chi connectivity index (χ0v) is 20.4. The van der Waals surface area contributed by atoms with E-state index < -0.39 is 10.0 Å². The van der Waals surface area contributed by atoms with Crippen LogP contribution in [0.2, 0.25) is 0 Å². The molecule has 9 heteroatoms. The molecule has 1 aromatic heterocycles. The van der Waals surface area contributed by atoms with Gasteiger partial charge in [0.15, 0.2) is 5.78 Å². The van der Waals surface area contributed by atoms with Crippen molar-refractivity contribution in [1.82, 2.24) is 14.5 Å². The van der Waals surface area contributed by atoms with E-state index >= 15 is 0 Å². The third kappa shape index (κ3) is 5.59. The number of benzene rings is 1. The van der Waals surface area contributed by atoms with Gasteiger partial charge in [0.2, 0.25) is 15.9 Å². The number of nitrogens with one attached hydrogen (secondary N) is 1. The van der Waals surface area contributed by atoms with Crippen LogP contribution in [0.25, 0.3) is 0 Å². The molecule has 184 valence electrons. The molecule has 3 heterocycles. The Morgan fingerprint density at radius 3 is 2.44 bits per heavy atom. The van der Waals surface area contributed by atoms with E-state index in [4.69, 9.17) is 4.42 Å². The van der Waals surface area contributed by atoms with Crippen LogP contribution in [-0.4, -0.2) is 62.0 Å². The first kappa shape index (κ1) is 24.6. The molecule has 1 amide bonds. The summed E-state index contributed by atoms with van der Waals surface area (Å²) >= 11 is 0. The Morgan fingerprint density at radius 2 is 1.79 bits per heavy atom. The lowest BCUT2D eigenvalue weighted by Crippen LogP contribution is -2.45. The summed E-state index contributed by atoms with van der Waals surface area (Å²) in [5, 5.41) is 3.10. The van der Waals surface area contributed by atoms with Crippen LogP contribution in [0.1, 0.15) is 61.2 Å². The van der Waals surface area contributed by atoms with E-state index in [0.29, 0.717) is 24.9 Å². The average Bonchev–Trinajstić information content (AvgIpc) is 3.39. The number of furan rings is 1. The number of nitrogens with zero attached hydrogens (tertiary/aromatic N) is 2. The highest BCUT2D eigenvalue weighted by Gasteiger charge is 2.33. The summed E-state index contributed by atoms with van der Waals surface area (Å²) in [6, 6.07) is 9.96. The van der Waals surface area contributed by atoms with E-state index in [0.717, 1.165) is 31.7 Å². The molecule has 34 heavy (non-hydrogen) atoms. The molecule has 0 bridgehead atoms. The summed E-state index contributed by atoms with van der Waals surface area (Å²) in [5.74, 6) is 0.415. The number of rotatable bonds is 8. The van der Waals surface area contributed by atoms with E-state index in [9.17, 15) is 18.0 Å². The molecule has 0 radical (unpaired) electrons. The highest BCUT2D eigenvalue weighted by molar-refractivity contribution is 7.89. The predicted molar refractivity (Wildman–Crippen MR) is 128 cm³/mol. The second-order valence-electron chi connectivity index (χ2n) is 9.14. The van der Waals surface area contributed by atoms with Gasteiger partial charge in [-0.25, -0.2) is 8.42 Å². The molecule has 1 N–H and O–H groups in total. The Hall–Kier alpha value is -2.49. The average molecular weight is 488 g/mol. The fraction of sp³-hybridized carbons (Fsp3) is 0.520. The van der Waals surface area contributed by atoms with Crippen molar-refractivity contribution < 1.29 is 22.4 Å². The first-order valence-electron chi connectivity index (χ1n) is 12.0. The number of carbonyl (C=O) groups is 2. The van der Waals surface area contributed by atoms with E-state index in [1.165, 1.54) is 29.8 Å². The van der Waals surface area contributed by atoms with Crippen molar-refractivity contribution in [3.05, 3.63) is 54.0 Å². The van der Waals surface area contributed by atoms with Crippen LogP contribution in [0.3, 0.4) is 0 Å². The summed E-state index contributed by atoms with van der Waals surface area (Å²) in [4.78, 5) is 27.1. The minimum absolute atomic E-state index is 0.00766. The van der Waals surface area contributed by atoms with Crippen LogP contribution in [-0.2, 0) is 14.8 Å². The summed E-state index contributed by atoms with van der Waals surface area (Å²) in [5.41, 5.74) is 0.371. The van der Waals surface area contributed by atoms with Crippen LogP contribution in [0.15, 0.2) is 52.0 Å². The molecule has 2 saturated heterocycles. The zero-order chi connectivity index (χ0) is 24.1. The molecule has 0 spiro atoms. The number of hydrogen-bond donors (Lipinski definition) is 1. The predicted octanol–water partition coefficient (Wildman–Crippen LogP) is 3.23. The second kappa shape index (κ2) is 10.8. The fourth-order valence-electron chi connectivity index (χ4n) is 4.85. The largest absolute Gasteiger partial charge is 0.468 e. The number of Topliss-reactive ketones (excluding diaryl/α,β-unsaturated/α-hetero) is 1. The second-order valence-corrected chi connectivity index (χ2v) is 11.1.